The molecule has 0 bridgehead atoms. The Morgan fingerprint density at radius 1 is 1.34 bits per heavy atom. The Hall–Kier alpha value is -2.25. The number of carboxylic acid groups (broad SMARTS) is 1. The second-order valence-corrected chi connectivity index (χ2v) is 10.2. The third-order valence-corrected chi connectivity index (χ3v) is 7.41. The van der Waals surface area contributed by atoms with E-state index in [1.165, 1.54) is 6.07 Å². The van der Waals surface area contributed by atoms with Gasteiger partial charge in [-0.2, -0.15) is 13.8 Å². The van der Waals surface area contributed by atoms with Gasteiger partial charge in [-0.3, -0.25) is 23.2 Å². The van der Waals surface area contributed by atoms with Gasteiger partial charge in [0, 0.05) is 12.1 Å². The van der Waals surface area contributed by atoms with Gasteiger partial charge in [0.05, 0.1) is 6.61 Å². The van der Waals surface area contributed by atoms with E-state index in [2.05, 4.69) is 15.4 Å². The standard InChI is InChI=1S/C20H29F2N4O8P/c1-4-6-12(7-5-2)16(27)23-14-8-9-26(19(30)24-14)18-20(21,22)15-13(33-18)10-32-35(31,34-15)25-11(3)17(28)29/h8-9,11-13,15,18H,4-7,10H2,1-3H3,(H,25,31)(H,28,29)(H,23,24,27,30)/t11?,13-,15-,18-,35?/m1/s1. The first-order valence-corrected chi connectivity index (χ1v) is 12.8. The van der Waals surface area contributed by atoms with Crippen LogP contribution in [0.25, 0.3) is 0 Å². The molecule has 12 nitrogen and oxygen atoms in total. The van der Waals surface area contributed by atoms with Crippen LogP contribution < -0.4 is 16.1 Å². The average molecular weight is 522 g/mol. The van der Waals surface area contributed by atoms with E-state index in [0.717, 1.165) is 26.0 Å². The number of hydrogen-bond acceptors (Lipinski definition) is 8. The molecule has 0 aliphatic carbocycles. The summed E-state index contributed by atoms with van der Waals surface area (Å²) in [6, 6.07) is -0.193. The van der Waals surface area contributed by atoms with Gasteiger partial charge in [-0.25, -0.2) is 14.4 Å². The summed E-state index contributed by atoms with van der Waals surface area (Å²) < 4.78 is 58.9. The number of aromatic nitrogens is 2. The molecule has 2 saturated heterocycles. The molecular formula is C20H29F2N4O8P. The molecule has 3 rings (SSSR count). The van der Waals surface area contributed by atoms with Crippen molar-refractivity contribution in [1.82, 2.24) is 14.6 Å². The van der Waals surface area contributed by atoms with E-state index in [4.69, 9.17) is 18.9 Å². The Balaban J connectivity index is 1.76. The lowest BCUT2D eigenvalue weighted by Gasteiger charge is -2.33. The first-order chi connectivity index (χ1) is 16.4. The normalized spacial score (nSPS) is 28.5. The number of carbonyl (C=O) groups is 2. The van der Waals surface area contributed by atoms with Gasteiger partial charge in [-0.15, -0.1) is 0 Å². The number of fused-ring (bicyclic) bond motifs is 1. The number of nitrogens with one attached hydrogen (secondary N) is 2. The van der Waals surface area contributed by atoms with Gasteiger partial charge in [0.2, 0.25) is 12.1 Å². The molecule has 3 heterocycles. The van der Waals surface area contributed by atoms with Gasteiger partial charge in [-0.05, 0) is 25.8 Å². The van der Waals surface area contributed by atoms with Crippen molar-refractivity contribution in [3.8, 4) is 0 Å². The number of anilines is 1. The molecule has 15 heteroatoms. The van der Waals surface area contributed by atoms with E-state index in [1.54, 1.807) is 0 Å². The van der Waals surface area contributed by atoms with Crippen LogP contribution in [0.4, 0.5) is 14.6 Å². The van der Waals surface area contributed by atoms with Gasteiger partial charge in [0.25, 0.3) is 0 Å². The minimum absolute atomic E-state index is 0.0804. The number of rotatable bonds is 10. The molecule has 5 atom stereocenters. The maximum atomic E-state index is 15.2. The summed E-state index contributed by atoms with van der Waals surface area (Å²) in [5, 5.41) is 13.6. The summed E-state index contributed by atoms with van der Waals surface area (Å²) in [5.74, 6) is -5.88. The average Bonchev–Trinajstić information content (AvgIpc) is 3.03. The number of alkyl halides is 2. The van der Waals surface area contributed by atoms with Crippen LogP contribution in [-0.4, -0.2) is 57.3 Å². The van der Waals surface area contributed by atoms with Crippen LogP contribution in [0.3, 0.4) is 0 Å². The minimum atomic E-state index is -4.39. The maximum absolute atomic E-state index is 15.2. The highest BCUT2D eigenvalue weighted by atomic mass is 31.2. The van der Waals surface area contributed by atoms with E-state index in [0.29, 0.717) is 17.4 Å². The van der Waals surface area contributed by atoms with Crippen LogP contribution in [-0.2, 0) is 27.9 Å². The molecule has 3 N–H and O–H groups in total. The van der Waals surface area contributed by atoms with Gasteiger partial charge >= 0.3 is 25.3 Å². The molecular weight excluding hydrogens is 493 g/mol. The first-order valence-electron chi connectivity index (χ1n) is 11.3. The van der Waals surface area contributed by atoms with Crippen molar-refractivity contribution in [3.05, 3.63) is 22.7 Å². The molecule has 196 valence electrons. The summed E-state index contributed by atoms with van der Waals surface area (Å²) in [6.07, 6.45) is -1.67. The number of nitrogens with zero attached hydrogens (tertiary/aromatic N) is 2. The summed E-state index contributed by atoms with van der Waals surface area (Å²) in [6.45, 7) is 4.46. The van der Waals surface area contributed by atoms with Crippen LogP contribution in [0.1, 0.15) is 52.7 Å². The molecule has 1 aromatic rings. The van der Waals surface area contributed by atoms with Crippen LogP contribution >= 0.6 is 7.75 Å². The summed E-state index contributed by atoms with van der Waals surface area (Å²) in [4.78, 5) is 39.7. The number of halogens is 2. The number of carbonyl (C=O) groups excluding carboxylic acids is 1. The third-order valence-electron chi connectivity index (χ3n) is 5.71. The number of aliphatic carboxylic acids is 1. The fourth-order valence-electron chi connectivity index (χ4n) is 3.94. The van der Waals surface area contributed by atoms with Gasteiger partial charge < -0.3 is 15.2 Å². The molecule has 35 heavy (non-hydrogen) atoms. The highest BCUT2D eigenvalue weighted by Crippen LogP contribution is 2.57. The highest BCUT2D eigenvalue weighted by molar-refractivity contribution is 7.51. The van der Waals surface area contributed by atoms with E-state index < -0.39 is 56.4 Å². The Labute approximate surface area is 199 Å². The van der Waals surface area contributed by atoms with Crippen LogP contribution in [0.15, 0.2) is 17.1 Å². The Kier molecular flexibility index (Phi) is 8.43. The molecule has 0 radical (unpaired) electrons. The maximum Gasteiger partial charge on any atom is 0.406 e. The van der Waals surface area contributed by atoms with Crippen LogP contribution in [0, 0.1) is 5.92 Å². The fourth-order valence-corrected chi connectivity index (χ4v) is 5.64. The predicted octanol–water partition coefficient (Wildman–Crippen LogP) is 2.52. The molecule has 2 aliphatic rings. The van der Waals surface area contributed by atoms with Crippen LogP contribution in [0.5, 0.6) is 0 Å². The van der Waals surface area contributed by atoms with Gasteiger partial charge in [0.15, 0.2) is 6.10 Å². The molecule has 0 aromatic carbocycles. The van der Waals surface area contributed by atoms with E-state index in [9.17, 15) is 18.9 Å². The molecule has 0 saturated carbocycles. The van der Waals surface area contributed by atoms with E-state index >= 15 is 8.78 Å². The predicted molar refractivity (Wildman–Crippen MR) is 118 cm³/mol. The molecule has 2 aliphatic heterocycles. The van der Waals surface area contributed by atoms with Crippen molar-refractivity contribution in [3.63, 3.8) is 0 Å². The van der Waals surface area contributed by atoms with Crippen molar-refractivity contribution in [2.75, 3.05) is 11.9 Å². The zero-order chi connectivity index (χ0) is 26.0. The Morgan fingerprint density at radius 3 is 2.57 bits per heavy atom. The number of hydrogen-bond donors (Lipinski definition) is 3. The zero-order valence-electron chi connectivity index (χ0n) is 19.5. The smallest absolute Gasteiger partial charge is 0.406 e. The van der Waals surface area contributed by atoms with Crippen molar-refractivity contribution >= 4 is 25.4 Å². The summed E-state index contributed by atoms with van der Waals surface area (Å²) in [5.41, 5.74) is -1.10. The Bertz CT molecular complexity index is 1050. The fraction of sp³-hybridized carbons (Fsp3) is 0.700. The SMILES string of the molecule is CCCC(CCC)C(=O)Nc1ccn([C@@H]2O[C@@H]3COP(=O)(NC(C)C(=O)O)O[C@H]3C2(F)F)c(=O)n1. The Morgan fingerprint density at radius 2 is 2.00 bits per heavy atom. The van der Waals surface area contributed by atoms with Crippen molar-refractivity contribution < 1.29 is 41.8 Å². The monoisotopic (exact) mass is 522 g/mol. The second kappa shape index (κ2) is 10.8. The molecule has 1 amide bonds. The second-order valence-electron chi connectivity index (χ2n) is 8.48. The van der Waals surface area contributed by atoms with Crippen molar-refractivity contribution in [2.45, 2.75) is 76.9 Å². The molecule has 1 aromatic heterocycles. The topological polar surface area (TPSA) is 158 Å². The largest absolute Gasteiger partial charge is 0.480 e. The minimum Gasteiger partial charge on any atom is -0.480 e. The molecule has 2 fully saturated rings. The summed E-state index contributed by atoms with van der Waals surface area (Å²) in [7, 11) is -4.39. The first kappa shape index (κ1) is 27.3. The summed E-state index contributed by atoms with van der Waals surface area (Å²) >= 11 is 0. The quantitative estimate of drug-likeness (QED) is 0.390. The zero-order valence-corrected chi connectivity index (χ0v) is 20.4. The highest BCUT2D eigenvalue weighted by Gasteiger charge is 2.65. The lowest BCUT2D eigenvalue weighted by Crippen LogP contribution is -2.47. The number of ether oxygens (including phenoxy) is 1. The molecule has 0 spiro atoms. The number of amides is 1. The number of carboxylic acids is 1. The van der Waals surface area contributed by atoms with E-state index in [1.807, 2.05) is 13.8 Å². The van der Waals surface area contributed by atoms with Gasteiger partial charge in [0.1, 0.15) is 18.0 Å². The molecule has 2 unspecified atom stereocenters. The lowest BCUT2D eigenvalue weighted by molar-refractivity contribution is -0.139. The van der Waals surface area contributed by atoms with Crippen LogP contribution in [0.2, 0.25) is 0 Å². The third kappa shape index (κ3) is 5.95. The van der Waals surface area contributed by atoms with E-state index in [-0.39, 0.29) is 17.6 Å². The lowest BCUT2D eigenvalue weighted by atomic mass is 9.97. The van der Waals surface area contributed by atoms with Crippen molar-refractivity contribution in [2.24, 2.45) is 5.92 Å². The van der Waals surface area contributed by atoms with Gasteiger partial charge in [-0.1, -0.05) is 26.7 Å². The van der Waals surface area contributed by atoms with Crippen molar-refractivity contribution in [1.29, 1.82) is 0 Å².